The molecule has 0 spiro atoms. The predicted molar refractivity (Wildman–Crippen MR) is 131 cm³/mol. The molecular formula is C27H30N2O5. The zero-order valence-electron chi connectivity index (χ0n) is 19.7. The van der Waals surface area contributed by atoms with Crippen LogP contribution in [0.25, 0.3) is 11.1 Å². The number of aliphatic carboxylic acids is 1. The number of rotatable bonds is 9. The van der Waals surface area contributed by atoms with Gasteiger partial charge in [-0.05, 0) is 60.4 Å². The van der Waals surface area contributed by atoms with Crippen LogP contribution in [0.3, 0.4) is 0 Å². The molecule has 34 heavy (non-hydrogen) atoms. The number of aryl methyl sites for hydroxylation is 1. The van der Waals surface area contributed by atoms with E-state index >= 15 is 0 Å². The van der Waals surface area contributed by atoms with Gasteiger partial charge in [0, 0.05) is 25.2 Å². The molecule has 0 aliphatic carbocycles. The molecule has 2 amide bonds. The summed E-state index contributed by atoms with van der Waals surface area (Å²) in [5, 5.41) is 21.6. The van der Waals surface area contributed by atoms with Gasteiger partial charge in [0.15, 0.2) is 0 Å². The molecule has 178 valence electrons. The number of carboxylic acid groups (broad SMARTS) is 1. The number of phenols is 1. The zero-order valence-corrected chi connectivity index (χ0v) is 19.7. The van der Waals surface area contributed by atoms with Crippen molar-refractivity contribution in [1.29, 1.82) is 0 Å². The smallest absolute Gasteiger partial charge is 0.317 e. The highest BCUT2D eigenvalue weighted by Gasteiger charge is 2.17. The van der Waals surface area contributed by atoms with Crippen LogP contribution >= 0.6 is 0 Å². The largest absolute Gasteiger partial charge is 0.508 e. The van der Waals surface area contributed by atoms with Gasteiger partial charge in [0.2, 0.25) is 0 Å². The summed E-state index contributed by atoms with van der Waals surface area (Å²) in [5.74, 6) is -0.0816. The van der Waals surface area contributed by atoms with E-state index in [0.29, 0.717) is 30.9 Å². The number of urea groups is 1. The summed E-state index contributed by atoms with van der Waals surface area (Å²) in [4.78, 5) is 25.9. The van der Waals surface area contributed by atoms with Gasteiger partial charge < -0.3 is 25.2 Å². The van der Waals surface area contributed by atoms with E-state index in [1.54, 1.807) is 48.4 Å². The Kier molecular flexibility index (Phi) is 8.14. The van der Waals surface area contributed by atoms with Gasteiger partial charge in [-0.25, -0.2) is 4.79 Å². The van der Waals surface area contributed by atoms with Crippen LogP contribution in [-0.2, 0) is 24.3 Å². The van der Waals surface area contributed by atoms with Gasteiger partial charge in [-0.3, -0.25) is 4.79 Å². The molecule has 7 nitrogen and oxygen atoms in total. The van der Waals surface area contributed by atoms with Crippen molar-refractivity contribution in [3.05, 3.63) is 82.9 Å². The van der Waals surface area contributed by atoms with Crippen LogP contribution in [0.4, 0.5) is 4.79 Å². The first-order valence-corrected chi connectivity index (χ1v) is 11.1. The summed E-state index contributed by atoms with van der Waals surface area (Å²) in [7, 11) is 1.58. The van der Waals surface area contributed by atoms with Crippen molar-refractivity contribution >= 4 is 12.0 Å². The van der Waals surface area contributed by atoms with Gasteiger partial charge in [-0.1, -0.05) is 42.0 Å². The normalized spacial score (nSPS) is 10.6. The molecule has 3 aromatic rings. The Hall–Kier alpha value is -4.00. The Morgan fingerprint density at radius 3 is 2.32 bits per heavy atom. The second-order valence-electron chi connectivity index (χ2n) is 8.11. The number of benzene rings is 3. The number of carbonyl (C=O) groups is 2. The highest BCUT2D eigenvalue weighted by molar-refractivity contribution is 5.78. The molecule has 0 fully saturated rings. The summed E-state index contributed by atoms with van der Waals surface area (Å²) in [6.07, 6.45) is -0.0844. The maximum atomic E-state index is 12.9. The topological polar surface area (TPSA) is 99.1 Å². The quantitative estimate of drug-likeness (QED) is 0.427. The highest BCUT2D eigenvalue weighted by Crippen LogP contribution is 2.34. The Balaban J connectivity index is 1.87. The minimum atomic E-state index is -0.900. The first-order valence-electron chi connectivity index (χ1n) is 11.1. The second kappa shape index (κ2) is 11.2. The number of ether oxygens (including phenoxy) is 1. The lowest BCUT2D eigenvalue weighted by atomic mass is 9.94. The fourth-order valence-electron chi connectivity index (χ4n) is 3.80. The molecule has 0 aromatic heterocycles. The Morgan fingerprint density at radius 1 is 0.971 bits per heavy atom. The average Bonchev–Trinajstić information content (AvgIpc) is 2.81. The first-order chi connectivity index (χ1) is 16.3. The Bertz CT molecular complexity index is 1160. The summed E-state index contributed by atoms with van der Waals surface area (Å²) in [6.45, 7) is 5.14. The molecule has 0 atom stereocenters. The molecule has 0 unspecified atom stereocenters. The summed E-state index contributed by atoms with van der Waals surface area (Å²) in [6, 6.07) is 17.9. The van der Waals surface area contributed by atoms with E-state index in [0.717, 1.165) is 27.8 Å². The van der Waals surface area contributed by atoms with Crippen LogP contribution in [0, 0.1) is 6.92 Å². The Morgan fingerprint density at radius 2 is 1.68 bits per heavy atom. The monoisotopic (exact) mass is 462 g/mol. The van der Waals surface area contributed by atoms with Crippen molar-refractivity contribution in [3.8, 4) is 22.6 Å². The van der Waals surface area contributed by atoms with E-state index in [1.807, 2.05) is 38.1 Å². The molecule has 3 aromatic carbocycles. The van der Waals surface area contributed by atoms with Crippen molar-refractivity contribution in [2.75, 3.05) is 13.7 Å². The third kappa shape index (κ3) is 6.28. The lowest BCUT2D eigenvalue weighted by Crippen LogP contribution is -2.39. The molecule has 3 rings (SSSR count). The molecular weight excluding hydrogens is 432 g/mol. The van der Waals surface area contributed by atoms with Gasteiger partial charge in [-0.15, -0.1) is 0 Å². The molecule has 0 bridgehead atoms. The molecule has 0 radical (unpaired) electrons. The van der Waals surface area contributed by atoms with Gasteiger partial charge in [0.25, 0.3) is 0 Å². The minimum absolute atomic E-state index is 0.0844. The van der Waals surface area contributed by atoms with Crippen molar-refractivity contribution in [1.82, 2.24) is 10.2 Å². The van der Waals surface area contributed by atoms with Crippen molar-refractivity contribution in [3.63, 3.8) is 0 Å². The fraction of sp³-hybridized carbons (Fsp3) is 0.259. The lowest BCUT2D eigenvalue weighted by Gasteiger charge is -2.24. The number of hydrogen-bond acceptors (Lipinski definition) is 4. The number of hydrogen-bond donors (Lipinski definition) is 3. The zero-order chi connectivity index (χ0) is 24.7. The van der Waals surface area contributed by atoms with Crippen LogP contribution in [0.2, 0.25) is 0 Å². The number of carbonyl (C=O) groups excluding carboxylic acids is 1. The minimum Gasteiger partial charge on any atom is -0.508 e. The van der Waals surface area contributed by atoms with E-state index in [2.05, 4.69) is 5.32 Å². The van der Waals surface area contributed by atoms with E-state index in [9.17, 15) is 19.8 Å². The second-order valence-corrected chi connectivity index (χ2v) is 8.11. The number of phenolic OH excluding ortho intramolecular Hbond substituents is 1. The van der Waals surface area contributed by atoms with Crippen LogP contribution in [-0.4, -0.2) is 40.8 Å². The SMILES string of the molecule is CCN(Cc1cc(C)ccc1-c1cc(CC(=O)O)ccc1OC)C(=O)NCc1ccc(O)cc1. The van der Waals surface area contributed by atoms with Crippen LogP contribution in [0.15, 0.2) is 60.7 Å². The van der Waals surface area contributed by atoms with Crippen molar-refractivity contribution in [2.24, 2.45) is 0 Å². The van der Waals surface area contributed by atoms with Crippen LogP contribution in [0.5, 0.6) is 11.5 Å². The third-order valence-corrected chi connectivity index (χ3v) is 5.58. The van der Waals surface area contributed by atoms with Crippen molar-refractivity contribution < 1.29 is 24.5 Å². The number of methoxy groups -OCH3 is 1. The molecule has 0 aliphatic rings. The summed E-state index contributed by atoms with van der Waals surface area (Å²) in [5.41, 5.74) is 5.23. The van der Waals surface area contributed by atoms with E-state index in [4.69, 9.17) is 4.74 Å². The van der Waals surface area contributed by atoms with Gasteiger partial charge >= 0.3 is 12.0 Å². The van der Waals surface area contributed by atoms with E-state index in [1.165, 1.54) is 0 Å². The number of carboxylic acids is 1. The number of nitrogens with zero attached hydrogens (tertiary/aromatic N) is 1. The summed E-state index contributed by atoms with van der Waals surface area (Å²) >= 11 is 0. The molecule has 0 aliphatic heterocycles. The fourth-order valence-corrected chi connectivity index (χ4v) is 3.80. The first kappa shape index (κ1) is 24.6. The van der Waals surface area contributed by atoms with Crippen LogP contribution in [0.1, 0.15) is 29.2 Å². The van der Waals surface area contributed by atoms with Gasteiger partial charge in [-0.2, -0.15) is 0 Å². The van der Waals surface area contributed by atoms with Crippen LogP contribution < -0.4 is 10.1 Å². The average molecular weight is 463 g/mol. The van der Waals surface area contributed by atoms with E-state index < -0.39 is 5.97 Å². The molecule has 0 heterocycles. The molecule has 0 saturated heterocycles. The third-order valence-electron chi connectivity index (χ3n) is 5.58. The Labute approximate surface area is 199 Å². The van der Waals surface area contributed by atoms with Crippen molar-refractivity contribution in [2.45, 2.75) is 33.4 Å². The van der Waals surface area contributed by atoms with E-state index in [-0.39, 0.29) is 18.2 Å². The lowest BCUT2D eigenvalue weighted by molar-refractivity contribution is -0.136. The predicted octanol–water partition coefficient (Wildman–Crippen LogP) is 4.74. The maximum absolute atomic E-state index is 12.9. The van der Waals surface area contributed by atoms with Gasteiger partial charge in [0.1, 0.15) is 11.5 Å². The summed E-state index contributed by atoms with van der Waals surface area (Å²) < 4.78 is 5.56. The number of aromatic hydroxyl groups is 1. The molecule has 3 N–H and O–H groups in total. The number of nitrogens with one attached hydrogen (secondary N) is 1. The molecule has 0 saturated carbocycles. The maximum Gasteiger partial charge on any atom is 0.317 e. The highest BCUT2D eigenvalue weighted by atomic mass is 16.5. The van der Waals surface area contributed by atoms with Gasteiger partial charge in [0.05, 0.1) is 13.5 Å². The molecule has 7 heteroatoms. The standard InChI is InChI=1S/C27H30N2O5/c1-4-29(27(33)28-16-19-6-9-22(30)10-7-19)17-21-13-18(2)5-11-23(21)24-14-20(15-26(31)32)8-12-25(24)34-3/h5-14,30H,4,15-17H2,1-3H3,(H,28,33)(H,31,32). The number of amides is 2.